The molecule has 0 N–H and O–H groups in total. The van der Waals surface area contributed by atoms with Crippen LogP contribution in [0, 0.1) is 0 Å². The number of rotatable bonds is 5. The number of nitrogens with zero attached hydrogens (tertiary/aromatic N) is 4. The Morgan fingerprint density at radius 2 is 2.03 bits per heavy atom. The lowest BCUT2D eigenvalue weighted by Crippen LogP contribution is -2.48. The van der Waals surface area contributed by atoms with Crippen LogP contribution in [0.5, 0.6) is 5.75 Å². The maximum atomic E-state index is 12.8. The van der Waals surface area contributed by atoms with Crippen LogP contribution in [0.3, 0.4) is 0 Å². The van der Waals surface area contributed by atoms with Crippen molar-refractivity contribution in [2.24, 2.45) is 0 Å². The van der Waals surface area contributed by atoms with Gasteiger partial charge in [-0.05, 0) is 36.8 Å². The van der Waals surface area contributed by atoms with E-state index in [1.54, 1.807) is 6.20 Å². The van der Waals surface area contributed by atoms with E-state index in [9.17, 15) is 4.79 Å². The predicted octanol–water partition coefficient (Wildman–Crippen LogP) is 3.05. The quantitative estimate of drug-likeness (QED) is 0.732. The molecule has 1 amide bonds. The fraction of sp³-hybridized carbons (Fsp3) is 0.478. The van der Waals surface area contributed by atoms with Gasteiger partial charge < -0.3 is 9.64 Å². The van der Waals surface area contributed by atoms with Crippen molar-refractivity contribution >= 4 is 17.5 Å². The number of pyridine rings is 1. The summed E-state index contributed by atoms with van der Waals surface area (Å²) in [6, 6.07) is 9.83. The molecule has 0 spiro atoms. The van der Waals surface area contributed by atoms with E-state index in [1.165, 1.54) is 5.56 Å². The van der Waals surface area contributed by atoms with E-state index in [0.717, 1.165) is 63.7 Å². The second-order valence-electron chi connectivity index (χ2n) is 8.18. The van der Waals surface area contributed by atoms with Gasteiger partial charge in [0.05, 0.1) is 0 Å². The van der Waals surface area contributed by atoms with E-state index in [0.29, 0.717) is 11.4 Å². The maximum absolute atomic E-state index is 12.8. The van der Waals surface area contributed by atoms with Crippen molar-refractivity contribution in [3.8, 4) is 5.75 Å². The van der Waals surface area contributed by atoms with Gasteiger partial charge in [-0.15, -0.1) is 0 Å². The van der Waals surface area contributed by atoms with E-state index in [2.05, 4.69) is 27.8 Å². The molecule has 1 aromatic carbocycles. The van der Waals surface area contributed by atoms with Crippen molar-refractivity contribution < 1.29 is 9.53 Å². The fourth-order valence-electron chi connectivity index (χ4n) is 4.20. The summed E-state index contributed by atoms with van der Waals surface area (Å²) in [5, 5.41) is 0.715. The van der Waals surface area contributed by atoms with Gasteiger partial charge in [-0.2, -0.15) is 0 Å². The Bertz CT molecular complexity index is 856. The SMILES string of the molecule is C[C@H]1CN(CCC(=O)N2CCN(Cc3cccnc3)CC2)Cc2cc(Cl)ccc2O1. The molecule has 1 atom stereocenters. The number of amides is 1. The van der Waals surface area contributed by atoms with Crippen molar-refractivity contribution in [3.05, 3.63) is 58.9 Å². The molecular weight excluding hydrogens is 400 g/mol. The average Bonchev–Trinajstić information content (AvgIpc) is 2.90. The summed E-state index contributed by atoms with van der Waals surface area (Å²) in [6.07, 6.45) is 4.32. The Kier molecular flexibility index (Phi) is 6.87. The molecule has 0 bridgehead atoms. The van der Waals surface area contributed by atoms with Gasteiger partial charge in [-0.3, -0.25) is 19.6 Å². The summed E-state index contributed by atoms with van der Waals surface area (Å²) in [7, 11) is 0. The summed E-state index contributed by atoms with van der Waals surface area (Å²) in [5.74, 6) is 1.13. The summed E-state index contributed by atoms with van der Waals surface area (Å²) < 4.78 is 6.02. The van der Waals surface area contributed by atoms with E-state index < -0.39 is 0 Å². The zero-order chi connectivity index (χ0) is 20.9. The minimum absolute atomic E-state index is 0.0820. The standard InChI is InChI=1S/C23H29ClN4O2/c1-18-15-27(17-20-13-21(24)4-5-22(20)30-18)8-6-23(29)28-11-9-26(10-12-28)16-19-3-2-7-25-14-19/h2-5,7,13-14,18H,6,8-12,15-17H2,1H3/t18-/m0/s1. The molecule has 2 aliphatic heterocycles. The molecule has 1 fully saturated rings. The lowest BCUT2D eigenvalue weighted by molar-refractivity contribution is -0.133. The van der Waals surface area contributed by atoms with Gasteiger partial charge in [-0.1, -0.05) is 17.7 Å². The lowest BCUT2D eigenvalue weighted by Gasteiger charge is -2.35. The molecule has 0 saturated carbocycles. The van der Waals surface area contributed by atoms with Crippen LogP contribution in [0.15, 0.2) is 42.7 Å². The monoisotopic (exact) mass is 428 g/mol. The highest BCUT2D eigenvalue weighted by atomic mass is 35.5. The molecular formula is C23H29ClN4O2. The zero-order valence-electron chi connectivity index (χ0n) is 17.5. The average molecular weight is 429 g/mol. The summed E-state index contributed by atoms with van der Waals surface area (Å²) in [4.78, 5) is 23.7. The van der Waals surface area contributed by atoms with E-state index in [4.69, 9.17) is 16.3 Å². The highest BCUT2D eigenvalue weighted by molar-refractivity contribution is 6.30. The van der Waals surface area contributed by atoms with Crippen molar-refractivity contribution in [1.82, 2.24) is 19.7 Å². The first-order chi connectivity index (χ1) is 14.6. The number of fused-ring (bicyclic) bond motifs is 1. The highest BCUT2D eigenvalue weighted by Gasteiger charge is 2.24. The zero-order valence-corrected chi connectivity index (χ0v) is 18.2. The number of hydrogen-bond donors (Lipinski definition) is 0. The molecule has 7 heteroatoms. The smallest absolute Gasteiger partial charge is 0.223 e. The number of hydrogen-bond acceptors (Lipinski definition) is 5. The molecule has 160 valence electrons. The van der Waals surface area contributed by atoms with Crippen LogP contribution >= 0.6 is 11.6 Å². The second-order valence-corrected chi connectivity index (χ2v) is 8.62. The first kappa shape index (κ1) is 21.1. The number of benzene rings is 1. The topological polar surface area (TPSA) is 48.9 Å². The molecule has 0 aliphatic carbocycles. The van der Waals surface area contributed by atoms with Gasteiger partial charge in [0.25, 0.3) is 0 Å². The predicted molar refractivity (Wildman–Crippen MR) is 118 cm³/mol. The molecule has 0 unspecified atom stereocenters. The van der Waals surface area contributed by atoms with Crippen molar-refractivity contribution in [1.29, 1.82) is 0 Å². The van der Waals surface area contributed by atoms with Gasteiger partial charge in [0.1, 0.15) is 11.9 Å². The van der Waals surface area contributed by atoms with Gasteiger partial charge in [0.2, 0.25) is 5.91 Å². The van der Waals surface area contributed by atoms with E-state index in [-0.39, 0.29) is 12.0 Å². The molecule has 0 radical (unpaired) electrons. The number of carbonyl (C=O) groups is 1. The Hall–Kier alpha value is -2.15. The third-order valence-corrected chi connectivity index (χ3v) is 5.99. The fourth-order valence-corrected chi connectivity index (χ4v) is 4.39. The van der Waals surface area contributed by atoms with Gasteiger partial charge >= 0.3 is 0 Å². The van der Waals surface area contributed by atoms with Gasteiger partial charge in [0, 0.05) is 81.8 Å². The molecule has 1 saturated heterocycles. The van der Waals surface area contributed by atoms with Gasteiger partial charge in [0.15, 0.2) is 0 Å². The maximum Gasteiger partial charge on any atom is 0.223 e. The van der Waals surface area contributed by atoms with Gasteiger partial charge in [-0.25, -0.2) is 0 Å². The van der Waals surface area contributed by atoms with Crippen molar-refractivity contribution in [2.45, 2.75) is 32.5 Å². The largest absolute Gasteiger partial charge is 0.489 e. The number of ether oxygens (including phenoxy) is 1. The molecule has 2 aromatic rings. The van der Waals surface area contributed by atoms with Crippen LogP contribution in [0.4, 0.5) is 0 Å². The van der Waals surface area contributed by atoms with E-state index >= 15 is 0 Å². The third kappa shape index (κ3) is 5.50. The number of halogens is 1. The summed E-state index contributed by atoms with van der Waals surface area (Å²) in [6.45, 7) is 8.64. The Balaban J connectivity index is 1.25. The molecule has 4 rings (SSSR count). The van der Waals surface area contributed by atoms with E-state index in [1.807, 2.05) is 35.4 Å². The molecule has 30 heavy (non-hydrogen) atoms. The Labute approximate surface area is 183 Å². The first-order valence-corrected chi connectivity index (χ1v) is 11.0. The lowest BCUT2D eigenvalue weighted by atomic mass is 10.2. The van der Waals surface area contributed by atoms with Crippen LogP contribution in [0.2, 0.25) is 5.02 Å². The summed E-state index contributed by atoms with van der Waals surface area (Å²) in [5.41, 5.74) is 2.30. The molecule has 1 aromatic heterocycles. The van der Waals surface area contributed by atoms with Crippen LogP contribution in [0.25, 0.3) is 0 Å². The van der Waals surface area contributed by atoms with Crippen LogP contribution in [-0.2, 0) is 17.9 Å². The molecule has 2 aliphatic rings. The third-order valence-electron chi connectivity index (χ3n) is 5.76. The molecule has 3 heterocycles. The van der Waals surface area contributed by atoms with Crippen LogP contribution < -0.4 is 4.74 Å². The second kappa shape index (κ2) is 9.77. The number of carbonyl (C=O) groups excluding carboxylic acids is 1. The minimum atomic E-state index is 0.0820. The summed E-state index contributed by atoms with van der Waals surface area (Å²) >= 11 is 6.16. The van der Waals surface area contributed by atoms with Crippen molar-refractivity contribution in [2.75, 3.05) is 39.3 Å². The van der Waals surface area contributed by atoms with Crippen molar-refractivity contribution in [3.63, 3.8) is 0 Å². The normalized spacial score (nSPS) is 20.3. The number of piperazine rings is 1. The first-order valence-electron chi connectivity index (χ1n) is 10.6. The minimum Gasteiger partial charge on any atom is -0.489 e. The van der Waals surface area contributed by atoms with Crippen LogP contribution in [-0.4, -0.2) is 71.0 Å². The molecule has 6 nitrogen and oxygen atoms in total. The Morgan fingerprint density at radius 3 is 2.80 bits per heavy atom. The van der Waals surface area contributed by atoms with Crippen LogP contribution in [0.1, 0.15) is 24.5 Å². The Morgan fingerprint density at radius 1 is 1.20 bits per heavy atom. The highest BCUT2D eigenvalue weighted by Crippen LogP contribution is 2.28. The number of aromatic nitrogens is 1.